The number of hydrogen-bond acceptors (Lipinski definition) is 5. The fraction of sp³-hybridized carbons (Fsp3) is 0.440. The van der Waals surface area contributed by atoms with Crippen LogP contribution in [-0.4, -0.2) is 42.3 Å². The number of rotatable bonds is 8. The molecule has 1 unspecified atom stereocenters. The van der Waals surface area contributed by atoms with Gasteiger partial charge in [-0.1, -0.05) is 36.2 Å². The SMILES string of the molecule is CNc1ccc(C(CC(=O)O)c2ccc(Cl)c(CN(C)C(=O)OC3CCCCC3)c2)cc1N. The molecule has 0 bridgehead atoms. The molecule has 3 rings (SSSR count). The van der Waals surface area contributed by atoms with Crippen molar-refractivity contribution in [3.8, 4) is 0 Å². The highest BCUT2D eigenvalue weighted by atomic mass is 35.5. The molecular weight excluding hydrogens is 442 g/mol. The molecule has 0 heterocycles. The summed E-state index contributed by atoms with van der Waals surface area (Å²) in [6.45, 7) is 0.263. The maximum Gasteiger partial charge on any atom is 0.410 e. The van der Waals surface area contributed by atoms with E-state index in [0.29, 0.717) is 10.7 Å². The fourth-order valence-electron chi connectivity index (χ4n) is 4.30. The molecule has 33 heavy (non-hydrogen) atoms. The van der Waals surface area contributed by atoms with E-state index in [1.165, 1.54) is 11.3 Å². The zero-order chi connectivity index (χ0) is 24.0. The van der Waals surface area contributed by atoms with Gasteiger partial charge in [0.05, 0.1) is 24.3 Å². The van der Waals surface area contributed by atoms with Crippen LogP contribution in [0.3, 0.4) is 0 Å². The summed E-state index contributed by atoms with van der Waals surface area (Å²) in [7, 11) is 3.46. The second-order valence-electron chi connectivity index (χ2n) is 8.60. The molecule has 7 nitrogen and oxygen atoms in total. The summed E-state index contributed by atoms with van der Waals surface area (Å²) < 4.78 is 5.65. The third kappa shape index (κ3) is 6.54. The lowest BCUT2D eigenvalue weighted by Gasteiger charge is -2.26. The van der Waals surface area contributed by atoms with E-state index in [1.807, 2.05) is 24.3 Å². The summed E-state index contributed by atoms with van der Waals surface area (Å²) in [6, 6.07) is 10.9. The maximum atomic E-state index is 12.6. The van der Waals surface area contributed by atoms with Gasteiger partial charge >= 0.3 is 12.1 Å². The van der Waals surface area contributed by atoms with Crippen LogP contribution in [0.2, 0.25) is 5.02 Å². The number of amides is 1. The lowest BCUT2D eigenvalue weighted by molar-refractivity contribution is -0.137. The second-order valence-corrected chi connectivity index (χ2v) is 9.01. The van der Waals surface area contributed by atoms with Crippen LogP contribution in [0.25, 0.3) is 0 Å². The van der Waals surface area contributed by atoms with Gasteiger partial charge in [-0.3, -0.25) is 4.79 Å². The first-order chi connectivity index (χ1) is 15.8. The Morgan fingerprint density at radius 1 is 1.18 bits per heavy atom. The smallest absolute Gasteiger partial charge is 0.410 e. The monoisotopic (exact) mass is 473 g/mol. The predicted molar refractivity (Wildman–Crippen MR) is 131 cm³/mol. The van der Waals surface area contributed by atoms with E-state index >= 15 is 0 Å². The van der Waals surface area contributed by atoms with Gasteiger partial charge in [0.1, 0.15) is 6.10 Å². The third-order valence-electron chi connectivity index (χ3n) is 6.14. The highest BCUT2D eigenvalue weighted by Gasteiger charge is 2.23. The van der Waals surface area contributed by atoms with Crippen molar-refractivity contribution in [3.63, 3.8) is 0 Å². The summed E-state index contributed by atoms with van der Waals surface area (Å²) in [5, 5.41) is 13.1. The first-order valence-corrected chi connectivity index (χ1v) is 11.6. The van der Waals surface area contributed by atoms with Crippen LogP contribution in [0.15, 0.2) is 36.4 Å². The van der Waals surface area contributed by atoms with Gasteiger partial charge in [0.2, 0.25) is 0 Å². The van der Waals surface area contributed by atoms with Gasteiger partial charge in [-0.15, -0.1) is 0 Å². The first kappa shape index (κ1) is 24.7. The van der Waals surface area contributed by atoms with E-state index in [-0.39, 0.29) is 25.2 Å². The molecule has 0 aliphatic heterocycles. The molecular formula is C25H32ClN3O4. The van der Waals surface area contributed by atoms with Crippen molar-refractivity contribution in [1.29, 1.82) is 0 Å². The number of nitrogens with one attached hydrogen (secondary N) is 1. The minimum absolute atomic E-state index is 0.0264. The Kier molecular flexibility index (Phi) is 8.44. The van der Waals surface area contributed by atoms with E-state index in [4.69, 9.17) is 22.1 Å². The summed E-state index contributed by atoms with van der Waals surface area (Å²) in [4.78, 5) is 25.7. The molecule has 1 aliphatic carbocycles. The van der Waals surface area contributed by atoms with Crippen LogP contribution in [0, 0.1) is 0 Å². The number of nitrogen functional groups attached to an aromatic ring is 1. The van der Waals surface area contributed by atoms with Gasteiger partial charge < -0.3 is 25.8 Å². The van der Waals surface area contributed by atoms with Crippen molar-refractivity contribution >= 4 is 35.0 Å². The maximum absolute atomic E-state index is 12.6. The molecule has 0 aromatic heterocycles. The molecule has 178 valence electrons. The number of anilines is 2. The molecule has 0 spiro atoms. The van der Waals surface area contributed by atoms with Crippen molar-refractivity contribution in [3.05, 3.63) is 58.1 Å². The third-order valence-corrected chi connectivity index (χ3v) is 6.51. The van der Waals surface area contributed by atoms with Gasteiger partial charge in [-0.25, -0.2) is 4.79 Å². The number of nitrogens with zero attached hydrogens (tertiary/aromatic N) is 1. The van der Waals surface area contributed by atoms with Crippen LogP contribution in [0.1, 0.15) is 61.1 Å². The van der Waals surface area contributed by atoms with E-state index in [2.05, 4.69) is 5.32 Å². The first-order valence-electron chi connectivity index (χ1n) is 11.3. The van der Waals surface area contributed by atoms with E-state index in [0.717, 1.165) is 48.1 Å². The van der Waals surface area contributed by atoms with Crippen molar-refractivity contribution in [2.24, 2.45) is 0 Å². The highest BCUT2D eigenvalue weighted by molar-refractivity contribution is 6.31. The molecule has 2 aromatic rings. The van der Waals surface area contributed by atoms with Crippen LogP contribution in [-0.2, 0) is 16.1 Å². The molecule has 0 saturated heterocycles. The lowest BCUT2D eigenvalue weighted by Crippen LogP contribution is -2.31. The number of halogens is 1. The lowest BCUT2D eigenvalue weighted by atomic mass is 9.87. The van der Waals surface area contributed by atoms with Gasteiger partial charge in [0, 0.05) is 25.0 Å². The van der Waals surface area contributed by atoms with Crippen LogP contribution in [0.4, 0.5) is 16.2 Å². The second kappa shape index (κ2) is 11.3. The number of benzene rings is 2. The summed E-state index contributed by atoms with van der Waals surface area (Å²) >= 11 is 6.43. The Morgan fingerprint density at radius 3 is 2.48 bits per heavy atom. The summed E-state index contributed by atoms with van der Waals surface area (Å²) in [5.74, 6) is -1.33. The topological polar surface area (TPSA) is 105 Å². The zero-order valence-corrected chi connectivity index (χ0v) is 19.9. The van der Waals surface area contributed by atoms with Crippen LogP contribution >= 0.6 is 11.6 Å². The molecule has 1 aliphatic rings. The van der Waals surface area contributed by atoms with Gasteiger partial charge in [-0.05, 0) is 60.6 Å². The molecule has 4 N–H and O–H groups in total. The number of carbonyl (C=O) groups excluding carboxylic acids is 1. The molecule has 0 radical (unpaired) electrons. The number of aliphatic carboxylic acids is 1. The molecule has 1 atom stereocenters. The minimum atomic E-state index is -0.916. The summed E-state index contributed by atoms with van der Waals surface area (Å²) in [5.41, 5.74) is 9.77. The van der Waals surface area contributed by atoms with E-state index in [1.54, 1.807) is 26.2 Å². The minimum Gasteiger partial charge on any atom is -0.481 e. The molecule has 1 fully saturated rings. The zero-order valence-electron chi connectivity index (χ0n) is 19.1. The standard InChI is InChI=1S/C25H32ClN3O4/c1-28-23-11-9-17(13-22(23)27)20(14-24(30)31)16-8-10-21(26)18(12-16)15-29(2)25(32)33-19-6-4-3-5-7-19/h8-13,19-20,28H,3-7,14-15,27H2,1-2H3,(H,30,31). The largest absolute Gasteiger partial charge is 0.481 e. The quantitative estimate of drug-likeness (QED) is 0.439. The van der Waals surface area contributed by atoms with Gasteiger partial charge in [0.15, 0.2) is 0 Å². The Bertz CT molecular complexity index is 992. The highest BCUT2D eigenvalue weighted by Crippen LogP contribution is 2.34. The number of hydrogen-bond donors (Lipinski definition) is 3. The van der Waals surface area contributed by atoms with Crippen molar-refractivity contribution in [1.82, 2.24) is 4.90 Å². The van der Waals surface area contributed by atoms with Crippen molar-refractivity contribution < 1.29 is 19.4 Å². The average Bonchev–Trinajstić information content (AvgIpc) is 2.79. The molecule has 2 aromatic carbocycles. The predicted octanol–water partition coefficient (Wildman–Crippen LogP) is 5.47. The Hall–Kier alpha value is -2.93. The fourth-order valence-corrected chi connectivity index (χ4v) is 4.47. The average molecular weight is 474 g/mol. The summed E-state index contributed by atoms with van der Waals surface area (Å²) in [6.07, 6.45) is 4.67. The van der Waals surface area contributed by atoms with Gasteiger partial charge in [-0.2, -0.15) is 0 Å². The number of ether oxygens (including phenoxy) is 1. The van der Waals surface area contributed by atoms with Crippen LogP contribution < -0.4 is 11.1 Å². The van der Waals surface area contributed by atoms with Crippen molar-refractivity contribution in [2.75, 3.05) is 25.1 Å². The Balaban J connectivity index is 1.81. The molecule has 8 heteroatoms. The molecule has 1 amide bonds. The Labute approximate surface area is 199 Å². The number of carbonyl (C=O) groups is 2. The van der Waals surface area contributed by atoms with Crippen LogP contribution in [0.5, 0.6) is 0 Å². The number of carboxylic acids is 1. The number of carboxylic acid groups (broad SMARTS) is 1. The van der Waals surface area contributed by atoms with Crippen molar-refractivity contribution in [2.45, 2.75) is 57.1 Å². The normalized spacial score (nSPS) is 15.0. The van der Waals surface area contributed by atoms with E-state index in [9.17, 15) is 14.7 Å². The number of nitrogens with two attached hydrogens (primary N) is 1. The van der Waals surface area contributed by atoms with Gasteiger partial charge in [0.25, 0.3) is 0 Å². The van der Waals surface area contributed by atoms with E-state index < -0.39 is 11.9 Å². The molecule has 1 saturated carbocycles. The Morgan fingerprint density at radius 2 is 1.85 bits per heavy atom.